The van der Waals surface area contributed by atoms with Gasteiger partial charge in [0.1, 0.15) is 0 Å². The van der Waals surface area contributed by atoms with Gasteiger partial charge in [0.25, 0.3) is 0 Å². The van der Waals surface area contributed by atoms with E-state index in [1.54, 1.807) is 24.3 Å². The molecular weight excluding hydrogens is 216 g/mol. The highest BCUT2D eigenvalue weighted by atomic mass is 16.2. The number of carbonyl (C=O) groups excluding carboxylic acids is 2. The molecule has 0 saturated heterocycles. The fourth-order valence-corrected chi connectivity index (χ4v) is 1.33. The lowest BCUT2D eigenvalue weighted by Gasteiger charge is -2.11. The maximum absolute atomic E-state index is 11.7. The molecule has 2 amide bonds. The van der Waals surface area contributed by atoms with E-state index >= 15 is 0 Å². The van der Waals surface area contributed by atoms with E-state index in [0.717, 1.165) is 6.42 Å². The van der Waals surface area contributed by atoms with E-state index in [2.05, 4.69) is 10.6 Å². The number of amides is 2. The Morgan fingerprint density at radius 1 is 1.24 bits per heavy atom. The third kappa shape index (κ3) is 4.26. The number of rotatable bonds is 4. The summed E-state index contributed by atoms with van der Waals surface area (Å²) in [7, 11) is 0. The van der Waals surface area contributed by atoms with Crippen molar-refractivity contribution in [1.29, 1.82) is 0 Å². The smallest absolute Gasteiger partial charge is 0.227 e. The molecule has 4 heteroatoms. The first kappa shape index (κ1) is 13.2. The third-order valence-electron chi connectivity index (χ3n) is 2.51. The van der Waals surface area contributed by atoms with Crippen LogP contribution in [0.15, 0.2) is 24.3 Å². The van der Waals surface area contributed by atoms with Crippen LogP contribution in [-0.2, 0) is 9.59 Å². The molecule has 1 aromatic carbocycles. The lowest BCUT2D eigenvalue weighted by atomic mass is 10.1. The second kappa shape index (κ2) is 6.03. The fourth-order valence-electron chi connectivity index (χ4n) is 1.33. The fraction of sp³-hybridized carbons (Fsp3) is 0.385. The first-order chi connectivity index (χ1) is 8.02. The van der Waals surface area contributed by atoms with Crippen molar-refractivity contribution >= 4 is 23.2 Å². The topological polar surface area (TPSA) is 58.2 Å². The molecule has 0 aliphatic heterocycles. The molecule has 0 heterocycles. The van der Waals surface area contributed by atoms with Crippen LogP contribution in [0, 0.1) is 5.92 Å². The first-order valence-corrected chi connectivity index (χ1v) is 5.71. The summed E-state index contributed by atoms with van der Waals surface area (Å²) < 4.78 is 0. The Balaban J connectivity index is 2.72. The highest BCUT2D eigenvalue weighted by Gasteiger charge is 2.10. The number of benzene rings is 1. The molecule has 0 fully saturated rings. The molecule has 4 nitrogen and oxygen atoms in total. The van der Waals surface area contributed by atoms with Crippen LogP contribution < -0.4 is 10.6 Å². The largest absolute Gasteiger partial charge is 0.326 e. The number of anilines is 2. The van der Waals surface area contributed by atoms with Crippen molar-refractivity contribution in [2.45, 2.75) is 27.2 Å². The van der Waals surface area contributed by atoms with Gasteiger partial charge >= 0.3 is 0 Å². The quantitative estimate of drug-likeness (QED) is 0.841. The Bertz CT molecular complexity index is 416. The molecule has 1 atom stereocenters. The summed E-state index contributed by atoms with van der Waals surface area (Å²) in [4.78, 5) is 22.6. The molecule has 1 rings (SSSR count). The van der Waals surface area contributed by atoms with Crippen LogP contribution in [0.5, 0.6) is 0 Å². The van der Waals surface area contributed by atoms with Crippen LogP contribution in [0.1, 0.15) is 27.2 Å². The zero-order chi connectivity index (χ0) is 12.8. The SMILES string of the molecule is CC[C@@H](C)C(=O)Nc1cccc(NC(C)=O)c1. The molecule has 0 aliphatic carbocycles. The van der Waals surface area contributed by atoms with E-state index in [9.17, 15) is 9.59 Å². The normalized spacial score (nSPS) is 11.7. The van der Waals surface area contributed by atoms with Crippen molar-refractivity contribution in [3.05, 3.63) is 24.3 Å². The molecule has 0 radical (unpaired) electrons. The maximum Gasteiger partial charge on any atom is 0.227 e. The Kier molecular flexibility index (Phi) is 4.69. The summed E-state index contributed by atoms with van der Waals surface area (Å²) >= 11 is 0. The summed E-state index contributed by atoms with van der Waals surface area (Å²) in [5.74, 6) is -0.151. The van der Waals surface area contributed by atoms with Crippen LogP contribution >= 0.6 is 0 Å². The van der Waals surface area contributed by atoms with E-state index in [4.69, 9.17) is 0 Å². The van der Waals surface area contributed by atoms with Gasteiger partial charge in [0.05, 0.1) is 0 Å². The molecule has 0 aromatic heterocycles. The molecular formula is C13H18N2O2. The predicted octanol–water partition coefficient (Wildman–Crippen LogP) is 2.63. The zero-order valence-electron chi connectivity index (χ0n) is 10.4. The van der Waals surface area contributed by atoms with Gasteiger partial charge in [-0.3, -0.25) is 9.59 Å². The van der Waals surface area contributed by atoms with Gasteiger partial charge in [-0.2, -0.15) is 0 Å². The minimum absolute atomic E-state index is 0.00697. The van der Waals surface area contributed by atoms with E-state index < -0.39 is 0 Å². The number of hydrogen-bond acceptors (Lipinski definition) is 2. The molecule has 92 valence electrons. The minimum atomic E-state index is -0.129. The van der Waals surface area contributed by atoms with Crippen LogP contribution in [-0.4, -0.2) is 11.8 Å². The van der Waals surface area contributed by atoms with Crippen LogP contribution in [0.25, 0.3) is 0 Å². The van der Waals surface area contributed by atoms with Gasteiger partial charge in [-0.25, -0.2) is 0 Å². The number of nitrogens with one attached hydrogen (secondary N) is 2. The van der Waals surface area contributed by atoms with Crippen molar-refractivity contribution in [3.63, 3.8) is 0 Å². The molecule has 17 heavy (non-hydrogen) atoms. The lowest BCUT2D eigenvalue weighted by Crippen LogP contribution is -2.19. The standard InChI is InChI=1S/C13H18N2O2/c1-4-9(2)13(17)15-12-7-5-6-11(8-12)14-10(3)16/h5-9H,4H2,1-3H3,(H,14,16)(H,15,17)/t9-/m1/s1. The highest BCUT2D eigenvalue weighted by molar-refractivity contribution is 5.94. The Morgan fingerprint density at radius 3 is 2.35 bits per heavy atom. The summed E-state index contributed by atoms with van der Waals surface area (Å²) in [6.07, 6.45) is 0.803. The average Bonchev–Trinajstić information content (AvgIpc) is 2.27. The lowest BCUT2D eigenvalue weighted by molar-refractivity contribution is -0.119. The maximum atomic E-state index is 11.7. The van der Waals surface area contributed by atoms with E-state index in [0.29, 0.717) is 11.4 Å². The van der Waals surface area contributed by atoms with Crippen molar-refractivity contribution in [1.82, 2.24) is 0 Å². The number of hydrogen-bond donors (Lipinski definition) is 2. The van der Waals surface area contributed by atoms with Gasteiger partial charge in [-0.05, 0) is 24.6 Å². The van der Waals surface area contributed by atoms with E-state index in [1.165, 1.54) is 6.92 Å². The van der Waals surface area contributed by atoms with Crippen molar-refractivity contribution < 1.29 is 9.59 Å². The molecule has 0 aliphatic rings. The van der Waals surface area contributed by atoms with Gasteiger partial charge in [-0.1, -0.05) is 19.9 Å². The molecule has 0 saturated carbocycles. The van der Waals surface area contributed by atoms with Gasteiger partial charge < -0.3 is 10.6 Å². The van der Waals surface area contributed by atoms with E-state index in [-0.39, 0.29) is 17.7 Å². The highest BCUT2D eigenvalue weighted by Crippen LogP contribution is 2.16. The second-order valence-corrected chi connectivity index (χ2v) is 4.06. The third-order valence-corrected chi connectivity index (χ3v) is 2.51. The first-order valence-electron chi connectivity index (χ1n) is 5.71. The summed E-state index contributed by atoms with van der Waals surface area (Å²) in [6, 6.07) is 7.10. The Labute approximate surface area is 101 Å². The minimum Gasteiger partial charge on any atom is -0.326 e. The van der Waals surface area contributed by atoms with Crippen molar-refractivity contribution in [3.8, 4) is 0 Å². The molecule has 1 aromatic rings. The van der Waals surface area contributed by atoms with E-state index in [1.807, 2.05) is 13.8 Å². The Hall–Kier alpha value is -1.84. The van der Waals surface area contributed by atoms with Crippen LogP contribution in [0.3, 0.4) is 0 Å². The molecule has 0 spiro atoms. The van der Waals surface area contributed by atoms with Crippen molar-refractivity contribution in [2.24, 2.45) is 5.92 Å². The summed E-state index contributed by atoms with van der Waals surface area (Å²) in [5.41, 5.74) is 1.38. The van der Waals surface area contributed by atoms with Gasteiger partial charge in [0, 0.05) is 24.2 Å². The second-order valence-electron chi connectivity index (χ2n) is 4.06. The average molecular weight is 234 g/mol. The van der Waals surface area contributed by atoms with Gasteiger partial charge in [-0.15, -0.1) is 0 Å². The van der Waals surface area contributed by atoms with Crippen molar-refractivity contribution in [2.75, 3.05) is 10.6 Å². The predicted molar refractivity (Wildman–Crippen MR) is 68.8 cm³/mol. The summed E-state index contributed by atoms with van der Waals surface area (Å²) in [5, 5.41) is 5.49. The van der Waals surface area contributed by atoms with Crippen LogP contribution in [0.4, 0.5) is 11.4 Å². The van der Waals surface area contributed by atoms with Gasteiger partial charge in [0.15, 0.2) is 0 Å². The Morgan fingerprint density at radius 2 is 1.82 bits per heavy atom. The molecule has 0 unspecified atom stereocenters. The zero-order valence-corrected chi connectivity index (χ0v) is 10.4. The molecule has 2 N–H and O–H groups in total. The van der Waals surface area contributed by atoms with Crippen LogP contribution in [0.2, 0.25) is 0 Å². The monoisotopic (exact) mass is 234 g/mol. The molecule has 0 bridgehead atoms. The van der Waals surface area contributed by atoms with Gasteiger partial charge in [0.2, 0.25) is 11.8 Å². The summed E-state index contributed by atoms with van der Waals surface area (Å²) in [6.45, 7) is 5.30. The number of carbonyl (C=O) groups is 2.